The molecule has 0 saturated heterocycles. The van der Waals surface area contributed by atoms with Gasteiger partial charge in [-0.25, -0.2) is 4.39 Å². The Morgan fingerprint density at radius 2 is 1.64 bits per heavy atom. The van der Waals surface area contributed by atoms with E-state index < -0.39 is 5.82 Å². The fourth-order valence-corrected chi connectivity index (χ4v) is 0.543. The third kappa shape index (κ3) is 2.79. The van der Waals surface area contributed by atoms with Crippen LogP contribution in [-0.2, 0) is 0 Å². The Kier molecular flexibility index (Phi) is 4.95. The van der Waals surface area contributed by atoms with Gasteiger partial charge in [-0.1, -0.05) is 0 Å². The van der Waals surface area contributed by atoms with Crippen LogP contribution in [0.15, 0.2) is 18.2 Å². The van der Waals surface area contributed by atoms with Crippen molar-refractivity contribution in [2.24, 2.45) is 0 Å². The summed E-state index contributed by atoms with van der Waals surface area (Å²) in [6, 6.07) is 4.18. The topological polar surface area (TPSA) is 52.0 Å². The highest BCUT2D eigenvalue weighted by atomic mass is 19.1. The summed E-state index contributed by atoms with van der Waals surface area (Å²) >= 11 is 0. The first-order valence-corrected chi connectivity index (χ1v) is 2.50. The first-order valence-electron chi connectivity index (χ1n) is 2.50. The van der Waals surface area contributed by atoms with Gasteiger partial charge >= 0.3 is 0 Å². The molecule has 4 N–H and O–H groups in total. The molecule has 0 aliphatic heterocycles. The molecule has 5 heteroatoms. The predicted molar refractivity (Wildman–Crippen MR) is 40.2 cm³/mol. The van der Waals surface area contributed by atoms with E-state index in [1.54, 1.807) is 6.07 Å². The predicted octanol–water partition coefficient (Wildman–Crippen LogP) is 1.30. The summed E-state index contributed by atoms with van der Waals surface area (Å²) in [5.74, 6) is -0.463. The zero-order chi connectivity index (χ0) is 6.85. The van der Waals surface area contributed by atoms with E-state index in [1.807, 2.05) is 0 Å². The maximum atomic E-state index is 12.4. The van der Waals surface area contributed by atoms with Crippen molar-refractivity contribution < 1.29 is 13.8 Å². The third-order valence-electron chi connectivity index (χ3n) is 1.02. The lowest BCUT2D eigenvalue weighted by Crippen LogP contribution is -1.92. The Bertz CT molecular complexity index is 227. The van der Waals surface area contributed by atoms with Crippen LogP contribution in [0.2, 0.25) is 0 Å². The van der Waals surface area contributed by atoms with Gasteiger partial charge in [0, 0.05) is 5.69 Å². The van der Waals surface area contributed by atoms with Gasteiger partial charge in [-0.2, -0.15) is 0 Å². The lowest BCUT2D eigenvalue weighted by atomic mass is 10.3. The minimum Gasteiger partial charge on any atom is -0.399 e. The number of halogens is 3. The van der Waals surface area contributed by atoms with E-state index in [0.717, 1.165) is 0 Å². The molecule has 2 nitrogen and oxygen atoms in total. The number of hydrogen-bond donors (Lipinski definition) is 2. The van der Waals surface area contributed by atoms with Crippen LogP contribution in [0.3, 0.4) is 0 Å². The summed E-state index contributed by atoms with van der Waals surface area (Å²) in [6.45, 7) is 0. The summed E-state index contributed by atoms with van der Waals surface area (Å²) < 4.78 is 12.4. The highest BCUT2D eigenvalue weighted by Gasteiger charge is 1.94. The van der Waals surface area contributed by atoms with Crippen molar-refractivity contribution in [3.8, 4) is 0 Å². The van der Waals surface area contributed by atoms with Gasteiger partial charge in [0.25, 0.3) is 0 Å². The van der Waals surface area contributed by atoms with E-state index in [-0.39, 0.29) is 15.1 Å². The summed E-state index contributed by atoms with van der Waals surface area (Å²) in [6.07, 6.45) is 0. The summed E-state index contributed by atoms with van der Waals surface area (Å²) in [5, 5.41) is 0. The average Bonchev–Trinajstić information content (AvgIpc) is 1.80. The smallest absolute Gasteiger partial charge is 0.148 e. The molecule has 0 aliphatic carbocycles. The molecule has 11 heavy (non-hydrogen) atoms. The molecule has 0 amide bonds. The maximum absolute atomic E-state index is 12.4. The van der Waals surface area contributed by atoms with Crippen molar-refractivity contribution in [2.75, 3.05) is 11.5 Å². The summed E-state index contributed by atoms with van der Waals surface area (Å²) in [5.41, 5.74) is 10.9. The van der Waals surface area contributed by atoms with Gasteiger partial charge in [-0.3, -0.25) is 9.41 Å². The molecule has 0 heterocycles. The summed E-state index contributed by atoms with van der Waals surface area (Å²) in [4.78, 5) is 0. The minimum absolute atomic E-state index is 0. The molecule has 0 bridgehead atoms. The van der Waals surface area contributed by atoms with Crippen LogP contribution < -0.4 is 11.5 Å². The third-order valence-corrected chi connectivity index (χ3v) is 1.02. The Morgan fingerprint density at radius 3 is 2.00 bits per heavy atom. The van der Waals surface area contributed by atoms with Crippen LogP contribution in [0.25, 0.3) is 0 Å². The summed E-state index contributed by atoms with van der Waals surface area (Å²) in [7, 11) is 0. The van der Waals surface area contributed by atoms with Crippen molar-refractivity contribution in [3.63, 3.8) is 0 Å². The molecule has 0 saturated carbocycles. The van der Waals surface area contributed by atoms with Gasteiger partial charge in [0.1, 0.15) is 5.82 Å². The van der Waals surface area contributed by atoms with E-state index >= 15 is 0 Å². The van der Waals surface area contributed by atoms with Gasteiger partial charge < -0.3 is 11.5 Å². The second-order valence-corrected chi connectivity index (χ2v) is 1.78. The molecule has 1 aromatic carbocycles. The van der Waals surface area contributed by atoms with Gasteiger partial charge in [-0.05, 0) is 18.2 Å². The average molecular weight is 166 g/mol. The van der Waals surface area contributed by atoms with E-state index in [4.69, 9.17) is 11.5 Å². The molecular formula is C6H9F3N2. The number of nitrogens with two attached hydrogens (primary N) is 2. The van der Waals surface area contributed by atoms with E-state index in [2.05, 4.69) is 0 Å². The SMILES string of the molecule is F.F.Nc1ccc(N)c(F)c1. The van der Waals surface area contributed by atoms with Gasteiger partial charge in [0.2, 0.25) is 0 Å². The van der Waals surface area contributed by atoms with Crippen LogP contribution in [0.4, 0.5) is 25.2 Å². The standard InChI is InChI=1S/C6H7FN2.2FH/c7-5-3-4(8)1-2-6(5)9;;/h1-3H,8-9H2;2*1H. The van der Waals surface area contributed by atoms with Gasteiger partial charge in [-0.15, -0.1) is 0 Å². The number of nitrogen functional groups attached to an aromatic ring is 2. The van der Waals surface area contributed by atoms with Crippen LogP contribution in [-0.4, -0.2) is 0 Å². The van der Waals surface area contributed by atoms with Crippen LogP contribution in [0.1, 0.15) is 0 Å². The Morgan fingerprint density at radius 1 is 1.09 bits per heavy atom. The molecule has 0 radical (unpaired) electrons. The maximum Gasteiger partial charge on any atom is 0.148 e. The van der Waals surface area contributed by atoms with Crippen molar-refractivity contribution in [1.82, 2.24) is 0 Å². The normalized spacial score (nSPS) is 7.73. The first-order chi connectivity index (χ1) is 4.20. The zero-order valence-corrected chi connectivity index (χ0v) is 5.58. The number of rotatable bonds is 0. The lowest BCUT2D eigenvalue weighted by molar-refractivity contribution is 0.633. The van der Waals surface area contributed by atoms with Crippen molar-refractivity contribution in [3.05, 3.63) is 24.0 Å². The number of anilines is 2. The van der Waals surface area contributed by atoms with Crippen molar-refractivity contribution in [2.45, 2.75) is 0 Å². The van der Waals surface area contributed by atoms with Crippen molar-refractivity contribution in [1.29, 1.82) is 0 Å². The fourth-order valence-electron chi connectivity index (χ4n) is 0.543. The largest absolute Gasteiger partial charge is 0.399 e. The molecule has 0 spiro atoms. The van der Waals surface area contributed by atoms with Crippen LogP contribution >= 0.6 is 0 Å². The molecule has 1 rings (SSSR count). The Balaban J connectivity index is 0. The molecule has 0 unspecified atom stereocenters. The molecular weight excluding hydrogens is 157 g/mol. The lowest BCUT2D eigenvalue weighted by Gasteiger charge is -1.95. The molecule has 0 fully saturated rings. The molecule has 0 aliphatic rings. The second kappa shape index (κ2) is 4.43. The molecule has 0 atom stereocenters. The van der Waals surface area contributed by atoms with Gasteiger partial charge in [0.15, 0.2) is 0 Å². The fraction of sp³-hybridized carbons (Fsp3) is 0. The minimum atomic E-state index is -0.463. The highest BCUT2D eigenvalue weighted by Crippen LogP contribution is 2.12. The monoisotopic (exact) mass is 166 g/mol. The molecule has 1 aromatic rings. The highest BCUT2D eigenvalue weighted by molar-refractivity contribution is 5.49. The first kappa shape index (κ1) is 12.3. The zero-order valence-electron chi connectivity index (χ0n) is 5.58. The van der Waals surface area contributed by atoms with E-state index in [9.17, 15) is 4.39 Å². The van der Waals surface area contributed by atoms with Crippen LogP contribution in [0.5, 0.6) is 0 Å². The number of hydrogen-bond acceptors (Lipinski definition) is 2. The van der Waals surface area contributed by atoms with Crippen molar-refractivity contribution >= 4 is 11.4 Å². The molecule has 64 valence electrons. The van der Waals surface area contributed by atoms with E-state index in [1.165, 1.54) is 12.1 Å². The molecule has 0 aromatic heterocycles. The Labute approximate surface area is 61.7 Å². The second-order valence-electron chi connectivity index (χ2n) is 1.78. The van der Waals surface area contributed by atoms with E-state index in [0.29, 0.717) is 5.69 Å². The number of benzene rings is 1. The van der Waals surface area contributed by atoms with Crippen LogP contribution in [0, 0.1) is 5.82 Å². The Hall–Kier alpha value is -1.39. The quantitative estimate of drug-likeness (QED) is 0.570. The van der Waals surface area contributed by atoms with Gasteiger partial charge in [0.05, 0.1) is 5.69 Å².